The summed E-state index contributed by atoms with van der Waals surface area (Å²) >= 11 is 0. The fourth-order valence-corrected chi connectivity index (χ4v) is 1.61. The minimum Gasteiger partial charge on any atom is -0.394 e. The molecular weight excluding hydrogens is 242 g/mol. The first-order valence-electron chi connectivity index (χ1n) is 5.78. The molecule has 0 aromatic carbocycles. The summed E-state index contributed by atoms with van der Waals surface area (Å²) in [6.07, 6.45) is -6.36. The van der Waals surface area contributed by atoms with Gasteiger partial charge in [-0.15, -0.1) is 0 Å². The molecule has 0 amide bonds. The molecule has 104 valence electrons. The topological polar surface area (TPSA) is 123 Å². The summed E-state index contributed by atoms with van der Waals surface area (Å²) in [7, 11) is 0. The van der Waals surface area contributed by atoms with Crippen molar-refractivity contribution in [2.45, 2.75) is 56.6 Å². The molecule has 7 heteroatoms. The van der Waals surface area contributed by atoms with Gasteiger partial charge in [0.15, 0.2) is 11.9 Å². The summed E-state index contributed by atoms with van der Waals surface area (Å²) in [5, 5.41) is 46.8. The van der Waals surface area contributed by atoms with Gasteiger partial charge < -0.3 is 29.9 Å². The van der Waals surface area contributed by atoms with Crippen LogP contribution in [0.1, 0.15) is 20.3 Å². The molecule has 0 aliphatic carbocycles. The fourth-order valence-electron chi connectivity index (χ4n) is 1.61. The molecule has 6 atom stereocenters. The molecular formula is C11H19NO6. The van der Waals surface area contributed by atoms with Gasteiger partial charge in [0.2, 0.25) is 0 Å². The van der Waals surface area contributed by atoms with E-state index < -0.39 is 42.9 Å². The van der Waals surface area contributed by atoms with Crippen molar-refractivity contribution >= 4 is 0 Å². The molecule has 1 fully saturated rings. The smallest absolute Gasteiger partial charge is 0.188 e. The quantitative estimate of drug-likeness (QED) is 0.485. The van der Waals surface area contributed by atoms with Crippen LogP contribution < -0.4 is 0 Å². The van der Waals surface area contributed by atoms with Gasteiger partial charge in [-0.1, -0.05) is 6.92 Å². The predicted octanol–water partition coefficient (Wildman–Crippen LogP) is -1.50. The molecule has 1 aliphatic rings. The predicted molar refractivity (Wildman–Crippen MR) is 59.2 cm³/mol. The van der Waals surface area contributed by atoms with E-state index in [0.717, 1.165) is 0 Å². The number of rotatable bonds is 4. The van der Waals surface area contributed by atoms with Crippen molar-refractivity contribution in [2.75, 3.05) is 6.61 Å². The van der Waals surface area contributed by atoms with E-state index in [9.17, 15) is 15.3 Å². The standard InChI is InChI=1S/C11H19NO6/c1-3-11(2,5-12)18-10-9(16)8(15)7(14)6(4-13)17-10/h6-10,13-16H,3-4H2,1-2H3/t6?,7-,8?,9?,10+,11?/m1/s1. The van der Waals surface area contributed by atoms with Gasteiger partial charge >= 0.3 is 0 Å². The third kappa shape index (κ3) is 2.98. The summed E-state index contributed by atoms with van der Waals surface area (Å²) in [4.78, 5) is 0. The molecule has 0 aromatic heterocycles. The number of hydrogen-bond acceptors (Lipinski definition) is 7. The number of hydrogen-bond donors (Lipinski definition) is 4. The van der Waals surface area contributed by atoms with E-state index in [1.54, 1.807) is 6.92 Å². The van der Waals surface area contributed by atoms with Crippen LogP contribution in [0.25, 0.3) is 0 Å². The highest BCUT2D eigenvalue weighted by Gasteiger charge is 2.46. The lowest BCUT2D eigenvalue weighted by Crippen LogP contribution is -2.60. The summed E-state index contributed by atoms with van der Waals surface area (Å²) < 4.78 is 10.5. The Hall–Kier alpha value is -0.750. The van der Waals surface area contributed by atoms with Gasteiger partial charge in [0.1, 0.15) is 24.4 Å². The molecule has 0 spiro atoms. The van der Waals surface area contributed by atoms with E-state index in [0.29, 0.717) is 6.42 Å². The van der Waals surface area contributed by atoms with Crippen LogP contribution in [0.2, 0.25) is 0 Å². The van der Waals surface area contributed by atoms with Crippen LogP contribution in [-0.4, -0.2) is 63.3 Å². The largest absolute Gasteiger partial charge is 0.394 e. The fraction of sp³-hybridized carbons (Fsp3) is 0.909. The molecule has 0 aromatic rings. The van der Waals surface area contributed by atoms with E-state index >= 15 is 0 Å². The lowest BCUT2D eigenvalue weighted by atomic mass is 9.98. The zero-order valence-corrected chi connectivity index (χ0v) is 10.4. The van der Waals surface area contributed by atoms with E-state index in [1.165, 1.54) is 6.92 Å². The molecule has 0 radical (unpaired) electrons. The average Bonchev–Trinajstić information content (AvgIpc) is 2.39. The normalized spacial score (nSPS) is 39.9. The van der Waals surface area contributed by atoms with Gasteiger partial charge in [0.25, 0.3) is 0 Å². The molecule has 18 heavy (non-hydrogen) atoms. The highest BCUT2D eigenvalue weighted by atomic mass is 16.7. The Labute approximate surface area is 105 Å². The lowest BCUT2D eigenvalue weighted by Gasteiger charge is -2.41. The second kappa shape index (κ2) is 5.93. The summed E-state index contributed by atoms with van der Waals surface area (Å²) in [6.45, 7) is 2.72. The van der Waals surface area contributed by atoms with Crippen molar-refractivity contribution in [2.24, 2.45) is 0 Å². The Kier molecular flexibility index (Phi) is 5.04. The average molecular weight is 261 g/mol. The number of nitrogens with zero attached hydrogens (tertiary/aromatic N) is 1. The summed E-state index contributed by atoms with van der Waals surface area (Å²) in [5.41, 5.74) is -1.17. The van der Waals surface area contributed by atoms with E-state index in [4.69, 9.17) is 19.8 Å². The Morgan fingerprint density at radius 1 is 1.28 bits per heavy atom. The Balaban J connectivity index is 2.80. The molecule has 4 N–H and O–H groups in total. The van der Waals surface area contributed by atoms with E-state index in [-0.39, 0.29) is 0 Å². The van der Waals surface area contributed by atoms with Crippen molar-refractivity contribution < 1.29 is 29.9 Å². The van der Waals surface area contributed by atoms with Gasteiger partial charge in [-0.2, -0.15) is 5.26 Å². The van der Waals surface area contributed by atoms with Crippen LogP contribution in [0, 0.1) is 11.3 Å². The van der Waals surface area contributed by atoms with Crippen LogP contribution in [-0.2, 0) is 9.47 Å². The molecule has 1 heterocycles. The van der Waals surface area contributed by atoms with Gasteiger partial charge in [-0.3, -0.25) is 0 Å². The first-order chi connectivity index (χ1) is 8.38. The van der Waals surface area contributed by atoms with Gasteiger partial charge in [-0.05, 0) is 13.3 Å². The lowest BCUT2D eigenvalue weighted by molar-refractivity contribution is -0.318. The third-order valence-electron chi connectivity index (χ3n) is 3.14. The second-order valence-corrected chi connectivity index (χ2v) is 4.51. The number of nitriles is 1. The van der Waals surface area contributed by atoms with Crippen LogP contribution in [0.3, 0.4) is 0 Å². The third-order valence-corrected chi connectivity index (χ3v) is 3.14. The minimum atomic E-state index is -1.50. The number of aliphatic hydroxyl groups is 4. The number of ether oxygens (including phenoxy) is 2. The van der Waals surface area contributed by atoms with Crippen molar-refractivity contribution in [1.29, 1.82) is 5.26 Å². The first-order valence-corrected chi connectivity index (χ1v) is 5.78. The zero-order valence-electron chi connectivity index (χ0n) is 10.4. The van der Waals surface area contributed by atoms with E-state index in [2.05, 4.69) is 0 Å². The minimum absolute atomic E-state index is 0.360. The highest BCUT2D eigenvalue weighted by molar-refractivity contribution is 4.99. The molecule has 0 saturated carbocycles. The Bertz CT molecular complexity index is 317. The van der Waals surface area contributed by atoms with Gasteiger partial charge in [0.05, 0.1) is 12.7 Å². The SMILES string of the molecule is CCC(C)(C#N)O[C@@H]1OC(CO)[C@@H](O)C(O)C1O. The maximum Gasteiger partial charge on any atom is 0.188 e. The van der Waals surface area contributed by atoms with Gasteiger partial charge in [-0.25, -0.2) is 0 Å². The van der Waals surface area contributed by atoms with Crippen molar-refractivity contribution in [3.05, 3.63) is 0 Å². The molecule has 1 saturated heterocycles. The van der Waals surface area contributed by atoms with Crippen LogP contribution in [0.15, 0.2) is 0 Å². The monoisotopic (exact) mass is 261 g/mol. The number of aliphatic hydroxyl groups excluding tert-OH is 4. The molecule has 7 nitrogen and oxygen atoms in total. The van der Waals surface area contributed by atoms with Crippen molar-refractivity contribution in [3.63, 3.8) is 0 Å². The Morgan fingerprint density at radius 2 is 1.89 bits per heavy atom. The van der Waals surface area contributed by atoms with Crippen molar-refractivity contribution in [1.82, 2.24) is 0 Å². The molecule has 1 rings (SSSR count). The second-order valence-electron chi connectivity index (χ2n) is 4.51. The molecule has 0 bridgehead atoms. The first kappa shape index (κ1) is 15.3. The van der Waals surface area contributed by atoms with Crippen molar-refractivity contribution in [3.8, 4) is 6.07 Å². The van der Waals surface area contributed by atoms with Crippen LogP contribution in [0.4, 0.5) is 0 Å². The molecule has 1 aliphatic heterocycles. The highest BCUT2D eigenvalue weighted by Crippen LogP contribution is 2.26. The van der Waals surface area contributed by atoms with Gasteiger partial charge in [0, 0.05) is 0 Å². The zero-order chi connectivity index (χ0) is 13.9. The summed E-state index contributed by atoms with van der Waals surface area (Å²) in [5.74, 6) is 0. The van der Waals surface area contributed by atoms with Crippen LogP contribution >= 0.6 is 0 Å². The summed E-state index contributed by atoms with van der Waals surface area (Å²) in [6, 6.07) is 1.93. The maximum atomic E-state index is 9.72. The molecule has 4 unspecified atom stereocenters. The van der Waals surface area contributed by atoms with E-state index in [1.807, 2.05) is 6.07 Å². The maximum absolute atomic E-state index is 9.72. The Morgan fingerprint density at radius 3 is 2.33 bits per heavy atom. The van der Waals surface area contributed by atoms with Crippen LogP contribution in [0.5, 0.6) is 0 Å².